The van der Waals surface area contributed by atoms with E-state index in [0.717, 1.165) is 0 Å². The van der Waals surface area contributed by atoms with E-state index in [9.17, 15) is 0 Å². The van der Waals surface area contributed by atoms with Crippen LogP contribution in [0, 0.1) is 0 Å². The average Bonchev–Trinajstić information content (AvgIpc) is 2.03. The molecule has 1 nitrogen and oxygen atoms in total. The van der Waals surface area contributed by atoms with Crippen LogP contribution in [0.2, 0.25) is 0 Å². The van der Waals surface area contributed by atoms with Crippen molar-refractivity contribution in [3.63, 3.8) is 0 Å². The van der Waals surface area contributed by atoms with Gasteiger partial charge in [0.15, 0.2) is 0 Å². The first-order valence-corrected chi connectivity index (χ1v) is 5.72. The molecule has 12 heavy (non-hydrogen) atoms. The maximum absolute atomic E-state index is 2.96. The van der Waals surface area contributed by atoms with Crippen LogP contribution in [0.5, 0.6) is 0 Å². The molecular weight excluding hydrogens is 184 g/mol. The summed E-state index contributed by atoms with van der Waals surface area (Å²) in [6.07, 6.45) is 1.26. The van der Waals surface area contributed by atoms with E-state index in [1.807, 2.05) is 0 Å². The van der Waals surface area contributed by atoms with E-state index < -0.39 is 0 Å². The normalized spacial score (nSPS) is 31.0. The number of hydrogen-bond donors (Lipinski definition) is 0. The van der Waals surface area contributed by atoms with Crippen LogP contribution >= 0.6 is 18.5 Å². The van der Waals surface area contributed by atoms with Gasteiger partial charge in [-0.2, -0.15) is 0 Å². The fraction of sp³-hybridized carbons (Fsp3) is 1.00. The van der Waals surface area contributed by atoms with Crippen LogP contribution < -0.4 is 0 Å². The second-order valence-corrected chi connectivity index (χ2v) is 8.05. The van der Waals surface area contributed by atoms with Gasteiger partial charge in [-0.3, -0.25) is 4.90 Å². The van der Waals surface area contributed by atoms with Gasteiger partial charge in [-0.15, -0.1) is 18.5 Å². The first-order chi connectivity index (χ1) is 5.22. The third kappa shape index (κ3) is 2.41. The quantitative estimate of drug-likeness (QED) is 0.548. The van der Waals surface area contributed by atoms with Crippen LogP contribution in [0.15, 0.2) is 0 Å². The summed E-state index contributed by atoms with van der Waals surface area (Å²) in [5.74, 6) is 0. The van der Waals surface area contributed by atoms with E-state index in [-0.39, 0.29) is 0 Å². The Morgan fingerprint density at radius 3 is 2.00 bits per heavy atom. The van der Waals surface area contributed by atoms with Crippen molar-refractivity contribution in [3.05, 3.63) is 0 Å². The minimum atomic E-state index is 0.314. The van der Waals surface area contributed by atoms with Crippen LogP contribution in [-0.2, 0) is 0 Å². The number of hydrogen-bond acceptors (Lipinski definition) is 1. The lowest BCUT2D eigenvalue weighted by Crippen LogP contribution is -2.44. The SMILES string of the molecule is C[C@H]1CC(P)(P)CN1C(C)(C)C. The fourth-order valence-corrected chi connectivity index (χ4v) is 3.17. The summed E-state index contributed by atoms with van der Waals surface area (Å²) in [6.45, 7) is 10.4. The molecule has 1 fully saturated rings. The molecule has 0 N–H and O–H groups in total. The summed E-state index contributed by atoms with van der Waals surface area (Å²) < 4.78 is 0. The molecule has 3 atom stereocenters. The molecule has 0 aliphatic carbocycles. The Morgan fingerprint density at radius 1 is 1.33 bits per heavy atom. The van der Waals surface area contributed by atoms with Gasteiger partial charge in [0.1, 0.15) is 0 Å². The van der Waals surface area contributed by atoms with Crippen molar-refractivity contribution in [1.82, 2.24) is 4.90 Å². The molecule has 0 radical (unpaired) electrons. The summed E-state index contributed by atoms with van der Waals surface area (Å²) in [5.41, 5.74) is 0.314. The molecule has 1 rings (SSSR count). The predicted octanol–water partition coefficient (Wildman–Crippen LogP) is 2.33. The molecule has 1 aliphatic heterocycles. The van der Waals surface area contributed by atoms with Crippen LogP contribution in [0.1, 0.15) is 34.1 Å². The highest BCUT2D eigenvalue weighted by atomic mass is 31.1. The number of nitrogens with zero attached hydrogens (tertiary/aromatic N) is 1. The highest BCUT2D eigenvalue weighted by Gasteiger charge is 2.40. The molecule has 0 aromatic heterocycles. The summed E-state index contributed by atoms with van der Waals surface area (Å²) in [4.78, 5) is 2.93. The molecule has 1 saturated heterocycles. The third-order valence-electron chi connectivity index (χ3n) is 2.53. The zero-order chi connectivity index (χ0) is 9.57. The van der Waals surface area contributed by atoms with E-state index >= 15 is 0 Å². The minimum absolute atomic E-state index is 0.314. The maximum atomic E-state index is 2.96. The summed E-state index contributed by atoms with van der Waals surface area (Å²) in [7, 11) is 5.91. The molecular formula is C9H21NP2. The largest absolute Gasteiger partial charge is 0.295 e. The Kier molecular flexibility index (Phi) is 2.90. The molecule has 2 unspecified atom stereocenters. The molecule has 72 valence electrons. The van der Waals surface area contributed by atoms with E-state index in [0.29, 0.717) is 16.5 Å². The third-order valence-corrected chi connectivity index (χ3v) is 3.37. The van der Waals surface area contributed by atoms with Gasteiger partial charge < -0.3 is 0 Å². The standard InChI is InChI=1S/C9H21NP2/c1-7-5-9(11,12)6-10(7)8(2,3)4/h7H,5-6,11-12H2,1-4H3/t7-/m0/s1. The monoisotopic (exact) mass is 205 g/mol. The average molecular weight is 205 g/mol. The Balaban J connectivity index is 2.71. The van der Waals surface area contributed by atoms with Gasteiger partial charge in [-0.25, -0.2) is 0 Å². The van der Waals surface area contributed by atoms with Gasteiger partial charge >= 0.3 is 0 Å². The Labute approximate surface area is 81.1 Å². The molecule has 0 aromatic rings. The van der Waals surface area contributed by atoms with Crippen LogP contribution in [0.25, 0.3) is 0 Å². The smallest absolute Gasteiger partial charge is 0.0134 e. The first-order valence-electron chi connectivity index (χ1n) is 4.57. The predicted molar refractivity (Wildman–Crippen MR) is 62.7 cm³/mol. The van der Waals surface area contributed by atoms with Gasteiger partial charge in [0.2, 0.25) is 0 Å². The van der Waals surface area contributed by atoms with Crippen molar-refractivity contribution in [3.8, 4) is 0 Å². The van der Waals surface area contributed by atoms with Crippen molar-refractivity contribution in [1.29, 1.82) is 0 Å². The van der Waals surface area contributed by atoms with E-state index in [4.69, 9.17) is 0 Å². The second-order valence-electron chi connectivity index (χ2n) is 5.09. The molecule has 1 heterocycles. The van der Waals surface area contributed by atoms with Crippen LogP contribution in [0.3, 0.4) is 0 Å². The fourth-order valence-electron chi connectivity index (χ4n) is 2.10. The summed E-state index contributed by atoms with van der Waals surface area (Å²) in [5, 5.41) is 0. The Hall–Kier alpha value is 0.820. The Bertz CT molecular complexity index is 172. The number of rotatable bonds is 0. The lowest BCUT2D eigenvalue weighted by Gasteiger charge is -2.35. The molecule has 0 amide bonds. The molecule has 0 saturated carbocycles. The van der Waals surface area contributed by atoms with Gasteiger partial charge in [-0.05, 0) is 34.1 Å². The van der Waals surface area contributed by atoms with E-state index in [2.05, 4.69) is 51.1 Å². The molecule has 3 heteroatoms. The Morgan fingerprint density at radius 2 is 1.83 bits per heavy atom. The molecule has 0 spiro atoms. The van der Waals surface area contributed by atoms with Crippen LogP contribution in [0.4, 0.5) is 0 Å². The van der Waals surface area contributed by atoms with Gasteiger partial charge in [0.25, 0.3) is 0 Å². The van der Waals surface area contributed by atoms with Gasteiger partial charge in [-0.1, -0.05) is 0 Å². The van der Waals surface area contributed by atoms with Gasteiger partial charge in [0, 0.05) is 23.0 Å². The minimum Gasteiger partial charge on any atom is -0.295 e. The van der Waals surface area contributed by atoms with Crippen molar-refractivity contribution < 1.29 is 0 Å². The van der Waals surface area contributed by atoms with E-state index in [1.54, 1.807) is 0 Å². The van der Waals surface area contributed by atoms with Crippen LogP contribution in [-0.4, -0.2) is 27.9 Å². The number of likely N-dealkylation sites (tertiary alicyclic amines) is 1. The summed E-state index contributed by atoms with van der Waals surface area (Å²) in [6, 6.07) is 0.708. The van der Waals surface area contributed by atoms with Crippen molar-refractivity contribution in [2.75, 3.05) is 6.54 Å². The highest BCUT2D eigenvalue weighted by molar-refractivity contribution is 7.40. The maximum Gasteiger partial charge on any atom is 0.0134 e. The topological polar surface area (TPSA) is 3.24 Å². The lowest BCUT2D eigenvalue weighted by atomic mass is 10.1. The first kappa shape index (κ1) is 10.9. The zero-order valence-corrected chi connectivity index (χ0v) is 10.9. The molecule has 1 aliphatic rings. The summed E-state index contributed by atoms with van der Waals surface area (Å²) >= 11 is 0. The lowest BCUT2D eigenvalue weighted by molar-refractivity contribution is 0.130. The second kappa shape index (κ2) is 3.19. The van der Waals surface area contributed by atoms with Gasteiger partial charge in [0.05, 0.1) is 0 Å². The van der Waals surface area contributed by atoms with Crippen molar-refractivity contribution >= 4 is 18.5 Å². The molecule has 0 bridgehead atoms. The molecule has 0 aromatic carbocycles. The highest BCUT2D eigenvalue weighted by Crippen LogP contribution is 2.42. The zero-order valence-electron chi connectivity index (χ0n) is 8.59. The van der Waals surface area contributed by atoms with E-state index in [1.165, 1.54) is 13.0 Å². The van der Waals surface area contributed by atoms with Crippen molar-refractivity contribution in [2.24, 2.45) is 0 Å². The van der Waals surface area contributed by atoms with Crippen molar-refractivity contribution in [2.45, 2.75) is 50.6 Å².